The second-order valence-electron chi connectivity index (χ2n) is 6.65. The van der Waals surface area contributed by atoms with E-state index in [9.17, 15) is 35.7 Å². The molecule has 156 valence electrons. The lowest BCUT2D eigenvalue weighted by Crippen LogP contribution is -2.60. The Morgan fingerprint density at radius 3 is 2.17 bits per heavy atom. The van der Waals surface area contributed by atoms with Gasteiger partial charge in [0, 0.05) is 17.7 Å². The number of phenols is 3. The Hall–Kier alpha value is -2.82. The molecular formula is C20H22O9. The number of phenolic OH excluding ortho intramolecular Hbond substituents is 3. The predicted octanol–water partition coefficient (Wildman–Crippen LogP) is 0.152. The minimum Gasteiger partial charge on any atom is -0.508 e. The first-order valence-electron chi connectivity index (χ1n) is 8.80. The van der Waals surface area contributed by atoms with Gasteiger partial charge in [0.05, 0.1) is 6.61 Å². The smallest absolute Gasteiger partial charge is 0.229 e. The molecule has 0 bridgehead atoms. The van der Waals surface area contributed by atoms with Gasteiger partial charge in [0.2, 0.25) is 6.29 Å². The maximum Gasteiger partial charge on any atom is 0.229 e. The molecule has 7 N–H and O–H groups in total. The molecular weight excluding hydrogens is 384 g/mol. The van der Waals surface area contributed by atoms with Crippen molar-refractivity contribution >= 4 is 12.2 Å². The highest BCUT2D eigenvalue weighted by Crippen LogP contribution is 2.31. The van der Waals surface area contributed by atoms with E-state index in [2.05, 4.69) is 0 Å². The SMILES string of the molecule is OCC1OC(Oc2cc(O)ccc2/C=C/c2cc(O)cc(O)c2)C(O)C(O)C1O. The number of hydrogen-bond donors (Lipinski definition) is 7. The van der Waals surface area contributed by atoms with E-state index in [1.165, 1.54) is 36.4 Å². The van der Waals surface area contributed by atoms with Crippen LogP contribution in [0, 0.1) is 0 Å². The van der Waals surface area contributed by atoms with Gasteiger partial charge in [-0.1, -0.05) is 12.2 Å². The molecule has 29 heavy (non-hydrogen) atoms. The number of ether oxygens (including phenoxy) is 2. The molecule has 0 saturated carbocycles. The summed E-state index contributed by atoms with van der Waals surface area (Å²) < 4.78 is 10.9. The summed E-state index contributed by atoms with van der Waals surface area (Å²) in [6, 6.07) is 8.23. The van der Waals surface area contributed by atoms with Gasteiger partial charge in [0.15, 0.2) is 0 Å². The Morgan fingerprint density at radius 1 is 0.828 bits per heavy atom. The average molecular weight is 406 g/mol. The van der Waals surface area contributed by atoms with E-state index in [-0.39, 0.29) is 23.0 Å². The summed E-state index contributed by atoms with van der Waals surface area (Å²) in [7, 11) is 0. The van der Waals surface area contributed by atoms with Gasteiger partial charge >= 0.3 is 0 Å². The van der Waals surface area contributed by atoms with Crippen LogP contribution in [0.25, 0.3) is 12.2 Å². The van der Waals surface area contributed by atoms with Crippen LogP contribution >= 0.6 is 0 Å². The molecule has 5 unspecified atom stereocenters. The van der Waals surface area contributed by atoms with Crippen LogP contribution in [-0.2, 0) is 4.74 Å². The van der Waals surface area contributed by atoms with E-state index < -0.39 is 37.3 Å². The van der Waals surface area contributed by atoms with Crippen LogP contribution in [0.5, 0.6) is 23.0 Å². The Labute approximate surface area is 165 Å². The lowest BCUT2D eigenvalue weighted by Gasteiger charge is -2.39. The largest absolute Gasteiger partial charge is 0.508 e. The van der Waals surface area contributed by atoms with Crippen LogP contribution in [0.4, 0.5) is 0 Å². The molecule has 2 aromatic rings. The van der Waals surface area contributed by atoms with Crippen molar-refractivity contribution in [2.24, 2.45) is 0 Å². The summed E-state index contributed by atoms with van der Waals surface area (Å²) in [5.41, 5.74) is 0.942. The van der Waals surface area contributed by atoms with Gasteiger partial charge in [0.1, 0.15) is 47.4 Å². The highest BCUT2D eigenvalue weighted by molar-refractivity contribution is 5.74. The summed E-state index contributed by atoms with van der Waals surface area (Å²) in [6.45, 7) is -0.599. The fourth-order valence-electron chi connectivity index (χ4n) is 2.95. The summed E-state index contributed by atoms with van der Waals surface area (Å²) in [5, 5.41) is 68.1. The third-order valence-electron chi connectivity index (χ3n) is 4.47. The van der Waals surface area contributed by atoms with E-state index in [0.717, 1.165) is 0 Å². The van der Waals surface area contributed by atoms with E-state index in [4.69, 9.17) is 9.47 Å². The molecule has 9 nitrogen and oxygen atoms in total. The molecule has 1 aliphatic rings. The Bertz CT molecular complexity index is 860. The van der Waals surface area contributed by atoms with Gasteiger partial charge in [0.25, 0.3) is 0 Å². The van der Waals surface area contributed by atoms with Crippen molar-refractivity contribution < 1.29 is 45.2 Å². The molecule has 1 fully saturated rings. The van der Waals surface area contributed by atoms with Crippen LogP contribution in [0.3, 0.4) is 0 Å². The first-order valence-corrected chi connectivity index (χ1v) is 8.80. The fourth-order valence-corrected chi connectivity index (χ4v) is 2.95. The lowest BCUT2D eigenvalue weighted by atomic mass is 9.99. The average Bonchev–Trinajstić information content (AvgIpc) is 2.67. The van der Waals surface area contributed by atoms with Gasteiger partial charge in [-0.15, -0.1) is 0 Å². The highest BCUT2D eigenvalue weighted by Gasteiger charge is 2.44. The summed E-state index contributed by atoms with van der Waals surface area (Å²) >= 11 is 0. The van der Waals surface area contributed by atoms with E-state index in [1.54, 1.807) is 12.2 Å². The predicted molar refractivity (Wildman–Crippen MR) is 101 cm³/mol. The van der Waals surface area contributed by atoms with Crippen molar-refractivity contribution in [1.82, 2.24) is 0 Å². The quantitative estimate of drug-likeness (QED) is 0.343. The molecule has 1 aliphatic heterocycles. The monoisotopic (exact) mass is 406 g/mol. The maximum atomic E-state index is 10.1. The van der Waals surface area contributed by atoms with Crippen molar-refractivity contribution in [3.8, 4) is 23.0 Å². The van der Waals surface area contributed by atoms with Gasteiger partial charge in [-0.3, -0.25) is 0 Å². The zero-order valence-electron chi connectivity index (χ0n) is 15.2. The first-order chi connectivity index (χ1) is 13.8. The molecule has 0 radical (unpaired) electrons. The van der Waals surface area contributed by atoms with Crippen LogP contribution in [0.15, 0.2) is 36.4 Å². The number of aromatic hydroxyl groups is 3. The van der Waals surface area contributed by atoms with Gasteiger partial charge in [-0.05, 0) is 29.8 Å². The molecule has 2 aromatic carbocycles. The molecule has 1 heterocycles. The van der Waals surface area contributed by atoms with Crippen LogP contribution in [-0.4, -0.2) is 73.1 Å². The Morgan fingerprint density at radius 2 is 1.52 bits per heavy atom. The van der Waals surface area contributed by atoms with Crippen LogP contribution in [0.2, 0.25) is 0 Å². The summed E-state index contributed by atoms with van der Waals surface area (Å²) in [5.74, 6) is -0.270. The molecule has 0 amide bonds. The van der Waals surface area contributed by atoms with E-state index in [1.807, 2.05) is 0 Å². The maximum absolute atomic E-state index is 10.1. The molecule has 9 heteroatoms. The van der Waals surface area contributed by atoms with Gasteiger partial charge < -0.3 is 45.2 Å². The van der Waals surface area contributed by atoms with Crippen LogP contribution < -0.4 is 4.74 Å². The number of benzene rings is 2. The second kappa shape index (κ2) is 8.68. The molecule has 1 saturated heterocycles. The van der Waals surface area contributed by atoms with Gasteiger partial charge in [-0.25, -0.2) is 0 Å². The number of hydrogen-bond acceptors (Lipinski definition) is 9. The summed E-state index contributed by atoms with van der Waals surface area (Å²) in [6.07, 6.45) is -4.11. The van der Waals surface area contributed by atoms with Crippen molar-refractivity contribution in [3.05, 3.63) is 47.5 Å². The fraction of sp³-hybridized carbons (Fsp3) is 0.300. The second-order valence-corrected chi connectivity index (χ2v) is 6.65. The number of aliphatic hydroxyl groups excluding tert-OH is 4. The molecule has 0 aliphatic carbocycles. The molecule has 5 atom stereocenters. The third kappa shape index (κ3) is 4.78. The third-order valence-corrected chi connectivity index (χ3v) is 4.47. The van der Waals surface area contributed by atoms with Crippen LogP contribution in [0.1, 0.15) is 11.1 Å². The minimum atomic E-state index is -1.60. The van der Waals surface area contributed by atoms with Gasteiger partial charge in [-0.2, -0.15) is 0 Å². The van der Waals surface area contributed by atoms with E-state index >= 15 is 0 Å². The Balaban J connectivity index is 1.86. The van der Waals surface area contributed by atoms with Crippen molar-refractivity contribution in [3.63, 3.8) is 0 Å². The standard InChI is InChI=1S/C20H22O9/c21-9-16-17(25)18(26)19(27)20(29-16)28-15-8-12(22)4-3-11(15)2-1-10-5-13(23)7-14(24)6-10/h1-8,16-27H,9H2/b2-1+. The topological polar surface area (TPSA) is 160 Å². The first kappa shape index (κ1) is 20.9. The summed E-state index contributed by atoms with van der Waals surface area (Å²) in [4.78, 5) is 0. The highest BCUT2D eigenvalue weighted by atomic mass is 16.7. The molecule has 0 spiro atoms. The zero-order valence-corrected chi connectivity index (χ0v) is 15.2. The lowest BCUT2D eigenvalue weighted by molar-refractivity contribution is -0.277. The van der Waals surface area contributed by atoms with Crippen molar-refractivity contribution in [2.45, 2.75) is 30.7 Å². The Kier molecular flexibility index (Phi) is 6.26. The van der Waals surface area contributed by atoms with E-state index in [0.29, 0.717) is 11.1 Å². The molecule has 3 rings (SSSR count). The zero-order chi connectivity index (χ0) is 21.1. The van der Waals surface area contributed by atoms with Crippen molar-refractivity contribution in [1.29, 1.82) is 0 Å². The molecule has 0 aromatic heterocycles. The van der Waals surface area contributed by atoms with Crippen molar-refractivity contribution in [2.75, 3.05) is 6.61 Å². The number of rotatable bonds is 5. The number of aliphatic hydroxyl groups is 4. The minimum absolute atomic E-state index is 0.0926. The normalized spacial score (nSPS) is 27.2.